The number of morpholine rings is 1. The third-order valence-corrected chi connectivity index (χ3v) is 3.11. The molecule has 5 nitrogen and oxygen atoms in total. The van der Waals surface area contributed by atoms with Gasteiger partial charge in [0.1, 0.15) is 5.82 Å². The zero-order valence-corrected chi connectivity index (χ0v) is 10.8. The molecule has 0 saturated carbocycles. The number of anilines is 2. The molecule has 0 amide bonds. The van der Waals surface area contributed by atoms with Crippen LogP contribution in [0.15, 0.2) is 18.2 Å². The Balaban J connectivity index is 2.00. The second kappa shape index (κ2) is 6.70. The Morgan fingerprint density at radius 3 is 2.79 bits per heavy atom. The fraction of sp³-hybridized carbons (Fsp3) is 0.538. The van der Waals surface area contributed by atoms with Crippen molar-refractivity contribution in [3.05, 3.63) is 24.0 Å². The summed E-state index contributed by atoms with van der Waals surface area (Å²) in [6.45, 7) is 3.16. The van der Waals surface area contributed by atoms with E-state index in [1.54, 1.807) is 12.1 Å². The van der Waals surface area contributed by atoms with Crippen molar-refractivity contribution in [2.24, 2.45) is 5.73 Å². The molecule has 0 unspecified atom stereocenters. The topological polar surface area (TPSA) is 70.8 Å². The summed E-state index contributed by atoms with van der Waals surface area (Å²) in [5.41, 5.74) is 6.54. The van der Waals surface area contributed by atoms with E-state index in [9.17, 15) is 9.50 Å². The Morgan fingerprint density at radius 2 is 2.16 bits per heavy atom. The average Bonchev–Trinajstić information content (AvgIpc) is 2.45. The highest BCUT2D eigenvalue weighted by Crippen LogP contribution is 2.23. The van der Waals surface area contributed by atoms with Crippen molar-refractivity contribution in [3.63, 3.8) is 0 Å². The number of aliphatic hydroxyl groups excluding tert-OH is 1. The Morgan fingerprint density at radius 1 is 1.42 bits per heavy atom. The van der Waals surface area contributed by atoms with Crippen LogP contribution in [0, 0.1) is 5.82 Å². The van der Waals surface area contributed by atoms with Crippen molar-refractivity contribution in [3.8, 4) is 0 Å². The highest BCUT2D eigenvalue weighted by molar-refractivity contribution is 5.56. The molecule has 0 aliphatic carbocycles. The van der Waals surface area contributed by atoms with Gasteiger partial charge in [-0.15, -0.1) is 0 Å². The Labute approximate surface area is 112 Å². The molecule has 4 N–H and O–H groups in total. The lowest BCUT2D eigenvalue weighted by atomic mass is 10.2. The number of aliphatic hydroxyl groups is 1. The number of nitrogens with one attached hydrogen (secondary N) is 1. The Kier molecular flexibility index (Phi) is 4.95. The molecule has 1 aromatic carbocycles. The maximum atomic E-state index is 14.0. The van der Waals surface area contributed by atoms with Crippen molar-refractivity contribution in [1.29, 1.82) is 0 Å². The lowest BCUT2D eigenvalue weighted by Crippen LogP contribution is -2.36. The third kappa shape index (κ3) is 3.79. The number of nitrogens with two attached hydrogens (primary N) is 1. The molecule has 6 heteroatoms. The summed E-state index contributed by atoms with van der Waals surface area (Å²) in [5, 5.41) is 12.3. The minimum Gasteiger partial charge on any atom is -0.390 e. The van der Waals surface area contributed by atoms with E-state index in [4.69, 9.17) is 10.5 Å². The summed E-state index contributed by atoms with van der Waals surface area (Å²) in [6.07, 6.45) is -0.623. The van der Waals surface area contributed by atoms with Gasteiger partial charge in [0.05, 0.1) is 25.0 Å². The number of benzene rings is 1. The molecule has 1 aromatic rings. The first-order valence-electron chi connectivity index (χ1n) is 6.45. The van der Waals surface area contributed by atoms with E-state index >= 15 is 0 Å². The molecule has 0 spiro atoms. The monoisotopic (exact) mass is 269 g/mol. The summed E-state index contributed by atoms with van der Waals surface area (Å²) in [6, 6.07) is 4.99. The molecular formula is C13H20FN3O2. The quantitative estimate of drug-likeness (QED) is 0.721. The normalized spacial score (nSPS) is 17.3. The molecule has 1 saturated heterocycles. The maximum Gasteiger partial charge on any atom is 0.148 e. The second-order valence-corrected chi connectivity index (χ2v) is 4.54. The van der Waals surface area contributed by atoms with Crippen molar-refractivity contribution in [2.45, 2.75) is 6.10 Å². The number of hydrogen-bond acceptors (Lipinski definition) is 5. The minimum atomic E-state index is -0.623. The van der Waals surface area contributed by atoms with Crippen LogP contribution < -0.4 is 16.0 Å². The van der Waals surface area contributed by atoms with Crippen LogP contribution in [0.5, 0.6) is 0 Å². The van der Waals surface area contributed by atoms with Crippen LogP contribution in [0.2, 0.25) is 0 Å². The second-order valence-electron chi connectivity index (χ2n) is 4.54. The van der Waals surface area contributed by atoms with Gasteiger partial charge >= 0.3 is 0 Å². The molecule has 0 aromatic heterocycles. The molecule has 19 heavy (non-hydrogen) atoms. The van der Waals surface area contributed by atoms with E-state index in [1.807, 2.05) is 4.90 Å². The van der Waals surface area contributed by atoms with Gasteiger partial charge in [0.15, 0.2) is 0 Å². The third-order valence-electron chi connectivity index (χ3n) is 3.11. The van der Waals surface area contributed by atoms with Crippen LogP contribution in [-0.4, -0.2) is 50.6 Å². The van der Waals surface area contributed by atoms with Gasteiger partial charge in [0, 0.05) is 31.9 Å². The molecule has 0 bridgehead atoms. The van der Waals surface area contributed by atoms with E-state index in [0.29, 0.717) is 44.2 Å². The Bertz CT molecular complexity index is 411. The highest BCUT2D eigenvalue weighted by atomic mass is 19.1. The number of rotatable bonds is 5. The van der Waals surface area contributed by atoms with Crippen LogP contribution in [0.4, 0.5) is 15.8 Å². The molecule has 1 atom stereocenters. The van der Waals surface area contributed by atoms with Crippen LogP contribution >= 0.6 is 0 Å². The van der Waals surface area contributed by atoms with Crippen LogP contribution in [-0.2, 0) is 4.74 Å². The van der Waals surface area contributed by atoms with E-state index in [2.05, 4.69) is 5.32 Å². The maximum absolute atomic E-state index is 14.0. The van der Waals surface area contributed by atoms with Crippen LogP contribution in [0.3, 0.4) is 0 Å². The first-order chi connectivity index (χ1) is 9.20. The zero-order chi connectivity index (χ0) is 13.7. The summed E-state index contributed by atoms with van der Waals surface area (Å²) in [7, 11) is 0. The van der Waals surface area contributed by atoms with Crippen molar-refractivity contribution in [2.75, 3.05) is 49.6 Å². The van der Waals surface area contributed by atoms with Crippen molar-refractivity contribution in [1.82, 2.24) is 0 Å². The van der Waals surface area contributed by atoms with Crippen molar-refractivity contribution >= 4 is 11.4 Å². The van der Waals surface area contributed by atoms with E-state index in [-0.39, 0.29) is 12.4 Å². The lowest BCUT2D eigenvalue weighted by Gasteiger charge is -2.29. The molecule has 1 heterocycles. The highest BCUT2D eigenvalue weighted by Gasteiger charge is 2.15. The average molecular weight is 269 g/mol. The van der Waals surface area contributed by atoms with Crippen LogP contribution in [0.1, 0.15) is 0 Å². The number of halogens is 1. The van der Waals surface area contributed by atoms with Gasteiger partial charge in [0.2, 0.25) is 0 Å². The smallest absolute Gasteiger partial charge is 0.148 e. The van der Waals surface area contributed by atoms with E-state index in [0.717, 1.165) is 0 Å². The van der Waals surface area contributed by atoms with Gasteiger partial charge in [-0.2, -0.15) is 0 Å². The summed E-state index contributed by atoms with van der Waals surface area (Å²) < 4.78 is 19.3. The first-order valence-corrected chi connectivity index (χ1v) is 6.45. The Hall–Kier alpha value is -1.37. The summed E-state index contributed by atoms with van der Waals surface area (Å²) >= 11 is 0. The lowest BCUT2D eigenvalue weighted by molar-refractivity contribution is 0.122. The van der Waals surface area contributed by atoms with E-state index < -0.39 is 6.10 Å². The van der Waals surface area contributed by atoms with Gasteiger partial charge < -0.3 is 25.8 Å². The minimum absolute atomic E-state index is 0.182. The fourth-order valence-electron chi connectivity index (χ4n) is 2.00. The zero-order valence-electron chi connectivity index (χ0n) is 10.8. The van der Waals surface area contributed by atoms with Gasteiger partial charge in [-0.1, -0.05) is 0 Å². The van der Waals surface area contributed by atoms with Gasteiger partial charge in [-0.05, 0) is 18.2 Å². The molecular weight excluding hydrogens is 249 g/mol. The molecule has 2 rings (SSSR count). The largest absolute Gasteiger partial charge is 0.390 e. The predicted octanol–water partition coefficient (Wildman–Crippen LogP) is 0.394. The SMILES string of the molecule is NC[C@H](O)CNc1ccc(N2CCOCC2)c(F)c1. The number of hydrogen-bond donors (Lipinski definition) is 3. The fourth-order valence-corrected chi connectivity index (χ4v) is 2.00. The van der Waals surface area contributed by atoms with Gasteiger partial charge in [0.25, 0.3) is 0 Å². The molecule has 1 aliphatic heterocycles. The van der Waals surface area contributed by atoms with Gasteiger partial charge in [-0.25, -0.2) is 4.39 Å². The first kappa shape index (κ1) is 14.0. The van der Waals surface area contributed by atoms with Gasteiger partial charge in [-0.3, -0.25) is 0 Å². The molecule has 0 radical (unpaired) electrons. The molecule has 106 valence electrons. The molecule has 1 fully saturated rings. The summed E-state index contributed by atoms with van der Waals surface area (Å²) in [4.78, 5) is 1.97. The van der Waals surface area contributed by atoms with Crippen molar-refractivity contribution < 1.29 is 14.2 Å². The predicted molar refractivity (Wildman–Crippen MR) is 73.0 cm³/mol. The summed E-state index contributed by atoms with van der Waals surface area (Å²) in [5.74, 6) is -0.269. The standard InChI is InChI=1S/C13H20FN3O2/c14-12-7-10(16-9-11(18)8-15)1-2-13(12)17-3-5-19-6-4-17/h1-2,7,11,16,18H,3-6,8-9,15H2/t11-/m0/s1. The number of nitrogens with zero attached hydrogens (tertiary/aromatic N) is 1. The van der Waals surface area contributed by atoms with E-state index in [1.165, 1.54) is 6.07 Å². The van der Waals surface area contributed by atoms with Crippen LogP contribution in [0.25, 0.3) is 0 Å². The molecule has 1 aliphatic rings. The number of ether oxygens (including phenoxy) is 1.